The number of anilines is 1. The largest absolute Gasteiger partial charge is 0.381 e. The van der Waals surface area contributed by atoms with Gasteiger partial charge in [-0.25, -0.2) is 4.39 Å². The van der Waals surface area contributed by atoms with Crippen LogP contribution in [0.25, 0.3) is 0 Å². The van der Waals surface area contributed by atoms with Gasteiger partial charge in [0, 0.05) is 17.1 Å². The lowest BCUT2D eigenvalue weighted by Gasteiger charge is -2.07. The molecular formula is C14H13ClFNS. The standard InChI is InChI=1S/C14H13ClFNS/c1-18-12-5-2-10(3-6-12)9-17-11-4-7-13(15)14(16)8-11/h2-8,17H,9H2,1H3. The number of rotatable bonds is 4. The van der Waals surface area contributed by atoms with Crippen molar-refractivity contribution in [3.63, 3.8) is 0 Å². The van der Waals surface area contributed by atoms with Crippen molar-refractivity contribution in [3.05, 3.63) is 58.9 Å². The summed E-state index contributed by atoms with van der Waals surface area (Å²) in [5.41, 5.74) is 1.88. The van der Waals surface area contributed by atoms with Crippen LogP contribution < -0.4 is 5.32 Å². The van der Waals surface area contributed by atoms with Crippen LogP contribution in [0.2, 0.25) is 5.02 Å². The van der Waals surface area contributed by atoms with Crippen molar-refractivity contribution in [2.24, 2.45) is 0 Å². The Morgan fingerprint density at radius 3 is 2.50 bits per heavy atom. The molecule has 2 aromatic rings. The molecule has 0 fully saturated rings. The van der Waals surface area contributed by atoms with E-state index >= 15 is 0 Å². The van der Waals surface area contributed by atoms with E-state index in [1.807, 2.05) is 6.26 Å². The third kappa shape index (κ3) is 3.40. The number of hydrogen-bond donors (Lipinski definition) is 1. The lowest BCUT2D eigenvalue weighted by Crippen LogP contribution is -1.99. The average Bonchev–Trinajstić information content (AvgIpc) is 2.41. The van der Waals surface area contributed by atoms with E-state index in [0.717, 1.165) is 11.3 Å². The summed E-state index contributed by atoms with van der Waals surface area (Å²) in [4.78, 5) is 1.23. The summed E-state index contributed by atoms with van der Waals surface area (Å²) in [7, 11) is 0. The van der Waals surface area contributed by atoms with Gasteiger partial charge < -0.3 is 5.32 Å². The first-order chi connectivity index (χ1) is 8.69. The summed E-state index contributed by atoms with van der Waals surface area (Å²) in [6.45, 7) is 0.662. The van der Waals surface area contributed by atoms with Crippen molar-refractivity contribution in [1.29, 1.82) is 0 Å². The van der Waals surface area contributed by atoms with E-state index in [-0.39, 0.29) is 5.02 Å². The minimum absolute atomic E-state index is 0.143. The molecule has 0 bridgehead atoms. The fourth-order valence-electron chi connectivity index (χ4n) is 1.55. The number of halogens is 2. The molecule has 0 aliphatic rings. The Bertz CT molecular complexity index is 528. The molecule has 1 nitrogen and oxygen atoms in total. The van der Waals surface area contributed by atoms with Crippen LogP contribution in [0.3, 0.4) is 0 Å². The molecule has 0 aliphatic carbocycles. The minimum atomic E-state index is -0.403. The summed E-state index contributed by atoms with van der Waals surface area (Å²) in [6, 6.07) is 13.0. The van der Waals surface area contributed by atoms with Crippen LogP contribution in [0.1, 0.15) is 5.56 Å². The van der Waals surface area contributed by atoms with Crippen molar-refractivity contribution >= 4 is 29.1 Å². The summed E-state index contributed by atoms with van der Waals surface area (Å²) in [5.74, 6) is -0.403. The monoisotopic (exact) mass is 281 g/mol. The molecule has 0 saturated heterocycles. The molecule has 0 amide bonds. The van der Waals surface area contributed by atoms with Gasteiger partial charge in [-0.05, 0) is 42.2 Å². The van der Waals surface area contributed by atoms with Crippen molar-refractivity contribution < 1.29 is 4.39 Å². The highest BCUT2D eigenvalue weighted by Gasteiger charge is 2.00. The van der Waals surface area contributed by atoms with Gasteiger partial charge in [0.1, 0.15) is 5.82 Å². The molecule has 94 valence electrons. The van der Waals surface area contributed by atoms with Crippen molar-refractivity contribution in [2.45, 2.75) is 11.4 Å². The van der Waals surface area contributed by atoms with E-state index in [4.69, 9.17) is 11.6 Å². The van der Waals surface area contributed by atoms with Crippen molar-refractivity contribution in [2.75, 3.05) is 11.6 Å². The second-order valence-corrected chi connectivity index (χ2v) is 5.12. The van der Waals surface area contributed by atoms with Crippen LogP contribution in [-0.2, 0) is 6.54 Å². The Kier molecular flexibility index (Phi) is 4.50. The van der Waals surface area contributed by atoms with Crippen LogP contribution in [0, 0.1) is 5.82 Å². The molecule has 0 aromatic heterocycles. The van der Waals surface area contributed by atoms with Gasteiger partial charge in [-0.1, -0.05) is 23.7 Å². The number of thioether (sulfide) groups is 1. The molecule has 1 N–H and O–H groups in total. The Labute approximate surface area is 115 Å². The molecule has 0 atom stereocenters. The van der Waals surface area contributed by atoms with E-state index in [1.165, 1.54) is 11.0 Å². The van der Waals surface area contributed by atoms with Gasteiger partial charge in [0.2, 0.25) is 0 Å². The first kappa shape index (κ1) is 13.2. The highest BCUT2D eigenvalue weighted by Crippen LogP contribution is 2.20. The van der Waals surface area contributed by atoms with E-state index in [9.17, 15) is 4.39 Å². The van der Waals surface area contributed by atoms with E-state index in [2.05, 4.69) is 29.6 Å². The number of benzene rings is 2. The summed E-state index contributed by atoms with van der Waals surface area (Å²) >= 11 is 7.34. The predicted octanol–water partition coefficient (Wildman–Crippen LogP) is 4.81. The first-order valence-corrected chi connectivity index (χ1v) is 7.11. The molecule has 2 rings (SSSR count). The van der Waals surface area contributed by atoms with Crippen LogP contribution in [0.4, 0.5) is 10.1 Å². The van der Waals surface area contributed by atoms with Crippen LogP contribution >= 0.6 is 23.4 Å². The van der Waals surface area contributed by atoms with Gasteiger partial charge in [-0.15, -0.1) is 11.8 Å². The Morgan fingerprint density at radius 1 is 1.17 bits per heavy atom. The zero-order valence-electron chi connectivity index (χ0n) is 9.91. The Balaban J connectivity index is 1.99. The molecule has 0 heterocycles. The van der Waals surface area contributed by atoms with E-state index in [1.54, 1.807) is 23.9 Å². The maximum Gasteiger partial charge on any atom is 0.143 e. The molecule has 0 radical (unpaired) electrons. The lowest BCUT2D eigenvalue weighted by molar-refractivity contribution is 0.628. The van der Waals surface area contributed by atoms with Gasteiger partial charge >= 0.3 is 0 Å². The topological polar surface area (TPSA) is 12.0 Å². The SMILES string of the molecule is CSc1ccc(CNc2ccc(Cl)c(F)c2)cc1. The Morgan fingerprint density at radius 2 is 1.89 bits per heavy atom. The molecule has 2 aromatic carbocycles. The molecule has 4 heteroatoms. The fraction of sp³-hybridized carbons (Fsp3) is 0.143. The number of hydrogen-bond acceptors (Lipinski definition) is 2. The van der Waals surface area contributed by atoms with Gasteiger partial charge in [0.25, 0.3) is 0 Å². The van der Waals surface area contributed by atoms with Gasteiger partial charge in [0.15, 0.2) is 0 Å². The summed E-state index contributed by atoms with van der Waals surface area (Å²) in [5, 5.41) is 3.30. The summed E-state index contributed by atoms with van der Waals surface area (Å²) in [6.07, 6.45) is 2.05. The zero-order valence-corrected chi connectivity index (χ0v) is 11.5. The second-order valence-electron chi connectivity index (χ2n) is 3.83. The van der Waals surface area contributed by atoms with Crippen LogP contribution in [0.15, 0.2) is 47.4 Å². The second kappa shape index (κ2) is 6.12. The maximum absolute atomic E-state index is 13.2. The van der Waals surface area contributed by atoms with Crippen molar-refractivity contribution in [3.8, 4) is 0 Å². The normalized spacial score (nSPS) is 10.4. The van der Waals surface area contributed by atoms with Gasteiger partial charge in [-0.3, -0.25) is 0 Å². The lowest BCUT2D eigenvalue weighted by atomic mass is 10.2. The van der Waals surface area contributed by atoms with E-state index in [0.29, 0.717) is 6.54 Å². The predicted molar refractivity (Wildman–Crippen MR) is 77.0 cm³/mol. The maximum atomic E-state index is 13.2. The van der Waals surface area contributed by atoms with Gasteiger partial charge in [0.05, 0.1) is 5.02 Å². The summed E-state index contributed by atoms with van der Waals surface area (Å²) < 4.78 is 13.2. The molecule has 0 aliphatic heterocycles. The average molecular weight is 282 g/mol. The molecule has 0 spiro atoms. The van der Waals surface area contributed by atoms with Crippen LogP contribution in [0.5, 0.6) is 0 Å². The fourth-order valence-corrected chi connectivity index (χ4v) is 2.08. The highest BCUT2D eigenvalue weighted by molar-refractivity contribution is 7.98. The molecule has 18 heavy (non-hydrogen) atoms. The highest BCUT2D eigenvalue weighted by atomic mass is 35.5. The molecular weight excluding hydrogens is 269 g/mol. The minimum Gasteiger partial charge on any atom is -0.381 e. The number of nitrogens with one attached hydrogen (secondary N) is 1. The van der Waals surface area contributed by atoms with Gasteiger partial charge in [-0.2, -0.15) is 0 Å². The van der Waals surface area contributed by atoms with E-state index < -0.39 is 5.82 Å². The zero-order chi connectivity index (χ0) is 13.0. The van der Waals surface area contributed by atoms with Crippen LogP contribution in [-0.4, -0.2) is 6.26 Å². The van der Waals surface area contributed by atoms with Crippen molar-refractivity contribution in [1.82, 2.24) is 0 Å². The first-order valence-electron chi connectivity index (χ1n) is 5.51. The molecule has 0 unspecified atom stereocenters. The smallest absolute Gasteiger partial charge is 0.143 e. The third-order valence-corrected chi connectivity index (χ3v) is 3.63. The molecule has 0 saturated carbocycles. The Hall–Kier alpha value is -1.19. The third-order valence-electron chi connectivity index (χ3n) is 2.58. The quantitative estimate of drug-likeness (QED) is 0.807.